The molecule has 0 spiro atoms. The zero-order valence-electron chi connectivity index (χ0n) is 10.5. The molecule has 0 amide bonds. The fraction of sp³-hybridized carbons (Fsp3) is 0.0625. The van der Waals surface area contributed by atoms with E-state index in [9.17, 15) is 4.79 Å². The third-order valence-electron chi connectivity index (χ3n) is 3.20. The summed E-state index contributed by atoms with van der Waals surface area (Å²) in [5.41, 5.74) is 1.59. The summed E-state index contributed by atoms with van der Waals surface area (Å²) < 4.78 is 2.79. The van der Waals surface area contributed by atoms with E-state index in [4.69, 9.17) is 11.6 Å². The van der Waals surface area contributed by atoms with Crippen LogP contribution in [0.2, 0.25) is 5.02 Å². The quantitative estimate of drug-likeness (QED) is 0.614. The number of fused-ring (bicyclic) bond motifs is 1. The number of rotatable bonds is 3. The molecule has 0 N–H and O–H groups in total. The maximum Gasteiger partial charge on any atom is 0.182 e. The van der Waals surface area contributed by atoms with Crippen LogP contribution in [0.15, 0.2) is 59.2 Å². The minimum Gasteiger partial charge on any atom is -0.338 e. The van der Waals surface area contributed by atoms with E-state index in [2.05, 4.69) is 15.9 Å². The van der Waals surface area contributed by atoms with Crippen LogP contribution in [0, 0.1) is 0 Å². The van der Waals surface area contributed by atoms with Crippen LogP contribution in [0.5, 0.6) is 0 Å². The first-order valence-corrected chi connectivity index (χ1v) is 7.34. The maximum absolute atomic E-state index is 12.3. The van der Waals surface area contributed by atoms with Gasteiger partial charge < -0.3 is 4.57 Å². The largest absolute Gasteiger partial charge is 0.338 e. The van der Waals surface area contributed by atoms with Crippen molar-refractivity contribution in [2.75, 3.05) is 0 Å². The van der Waals surface area contributed by atoms with Crippen LogP contribution < -0.4 is 0 Å². The SMILES string of the molecule is O=C(Cn1ccc2cccc(Cl)c21)c1cccc(Br)c1. The van der Waals surface area contributed by atoms with Crippen LogP contribution in [-0.4, -0.2) is 10.4 Å². The standard InChI is InChI=1S/C16H11BrClNO/c17-13-5-1-4-12(9-13)15(20)10-19-8-7-11-3-2-6-14(18)16(11)19/h1-9H,10H2. The predicted molar refractivity (Wildman–Crippen MR) is 85.4 cm³/mol. The zero-order chi connectivity index (χ0) is 14.1. The van der Waals surface area contributed by atoms with Crippen LogP contribution in [0.4, 0.5) is 0 Å². The van der Waals surface area contributed by atoms with Gasteiger partial charge in [0.2, 0.25) is 0 Å². The lowest BCUT2D eigenvalue weighted by atomic mass is 10.1. The second-order valence-electron chi connectivity index (χ2n) is 4.55. The van der Waals surface area contributed by atoms with Crippen molar-refractivity contribution in [1.82, 2.24) is 4.57 Å². The summed E-state index contributed by atoms with van der Waals surface area (Å²) >= 11 is 9.60. The molecule has 100 valence electrons. The van der Waals surface area contributed by atoms with E-state index in [1.807, 2.05) is 59.3 Å². The van der Waals surface area contributed by atoms with Crippen LogP contribution in [-0.2, 0) is 6.54 Å². The Morgan fingerprint density at radius 2 is 1.95 bits per heavy atom. The number of Topliss-reactive ketones (excluding diaryl/α,β-unsaturated/α-hetero) is 1. The van der Waals surface area contributed by atoms with E-state index in [1.165, 1.54) is 0 Å². The number of aromatic nitrogens is 1. The average molecular weight is 349 g/mol. The molecule has 0 fully saturated rings. The molecule has 0 aliphatic carbocycles. The number of carbonyl (C=O) groups excluding carboxylic acids is 1. The number of benzene rings is 2. The number of hydrogen-bond donors (Lipinski definition) is 0. The van der Waals surface area contributed by atoms with E-state index < -0.39 is 0 Å². The van der Waals surface area contributed by atoms with Gasteiger partial charge in [-0.3, -0.25) is 4.79 Å². The minimum atomic E-state index is 0.0590. The zero-order valence-corrected chi connectivity index (χ0v) is 12.9. The van der Waals surface area contributed by atoms with E-state index in [1.54, 1.807) is 0 Å². The molecule has 4 heteroatoms. The highest BCUT2D eigenvalue weighted by molar-refractivity contribution is 9.10. The molecule has 3 aromatic rings. The average Bonchev–Trinajstić information content (AvgIpc) is 2.83. The van der Waals surface area contributed by atoms with E-state index in [0.717, 1.165) is 15.4 Å². The highest BCUT2D eigenvalue weighted by Gasteiger charge is 2.10. The van der Waals surface area contributed by atoms with Gasteiger partial charge in [-0.05, 0) is 24.3 Å². The Balaban J connectivity index is 1.96. The lowest BCUT2D eigenvalue weighted by Gasteiger charge is -2.06. The third kappa shape index (κ3) is 2.51. The molecule has 0 saturated heterocycles. The molecule has 0 aliphatic rings. The van der Waals surface area contributed by atoms with Crippen molar-refractivity contribution in [2.24, 2.45) is 0 Å². The number of ketones is 1. The first-order chi connectivity index (χ1) is 9.65. The molecule has 0 bridgehead atoms. The molecule has 0 unspecified atom stereocenters. The normalized spacial score (nSPS) is 10.9. The lowest BCUT2D eigenvalue weighted by Crippen LogP contribution is -2.09. The second-order valence-corrected chi connectivity index (χ2v) is 5.88. The Hall–Kier alpha value is -1.58. The molecule has 3 rings (SSSR count). The summed E-state index contributed by atoms with van der Waals surface area (Å²) in [4.78, 5) is 12.3. The Labute approximate surface area is 130 Å². The highest BCUT2D eigenvalue weighted by atomic mass is 79.9. The van der Waals surface area contributed by atoms with Crippen molar-refractivity contribution in [1.29, 1.82) is 0 Å². The van der Waals surface area contributed by atoms with Gasteiger partial charge in [0.25, 0.3) is 0 Å². The predicted octanol–water partition coefficient (Wildman–Crippen LogP) is 4.94. The van der Waals surface area contributed by atoms with Crippen LogP contribution in [0.1, 0.15) is 10.4 Å². The topological polar surface area (TPSA) is 22.0 Å². The summed E-state index contributed by atoms with van der Waals surface area (Å²) in [6.45, 7) is 0.281. The lowest BCUT2D eigenvalue weighted by molar-refractivity contribution is 0.0973. The Morgan fingerprint density at radius 3 is 2.75 bits per heavy atom. The van der Waals surface area contributed by atoms with Crippen molar-refractivity contribution >= 4 is 44.2 Å². The molecule has 0 saturated carbocycles. The summed E-state index contributed by atoms with van der Waals surface area (Å²) in [5.74, 6) is 0.0590. The van der Waals surface area contributed by atoms with Gasteiger partial charge in [-0.15, -0.1) is 0 Å². The van der Waals surface area contributed by atoms with E-state index in [-0.39, 0.29) is 12.3 Å². The van der Waals surface area contributed by atoms with Gasteiger partial charge >= 0.3 is 0 Å². The molecule has 1 heterocycles. The number of nitrogens with zero attached hydrogens (tertiary/aromatic N) is 1. The van der Waals surface area contributed by atoms with Crippen molar-refractivity contribution in [3.63, 3.8) is 0 Å². The van der Waals surface area contributed by atoms with Gasteiger partial charge in [-0.25, -0.2) is 0 Å². The first-order valence-electron chi connectivity index (χ1n) is 6.17. The molecule has 0 aliphatic heterocycles. The molecule has 20 heavy (non-hydrogen) atoms. The minimum absolute atomic E-state index is 0.0590. The molecule has 0 radical (unpaired) electrons. The van der Waals surface area contributed by atoms with Crippen molar-refractivity contribution in [2.45, 2.75) is 6.54 Å². The van der Waals surface area contributed by atoms with E-state index in [0.29, 0.717) is 10.6 Å². The summed E-state index contributed by atoms with van der Waals surface area (Å²) in [6, 6.07) is 15.1. The smallest absolute Gasteiger partial charge is 0.182 e. The fourth-order valence-corrected chi connectivity index (χ4v) is 2.94. The summed E-state index contributed by atoms with van der Waals surface area (Å²) in [7, 11) is 0. The van der Waals surface area contributed by atoms with Gasteiger partial charge in [0.1, 0.15) is 0 Å². The van der Waals surface area contributed by atoms with Crippen molar-refractivity contribution in [3.05, 3.63) is 69.8 Å². The second kappa shape index (κ2) is 5.43. The van der Waals surface area contributed by atoms with Gasteiger partial charge in [-0.1, -0.05) is 51.8 Å². The summed E-state index contributed by atoms with van der Waals surface area (Å²) in [6.07, 6.45) is 1.90. The number of hydrogen-bond acceptors (Lipinski definition) is 1. The summed E-state index contributed by atoms with van der Waals surface area (Å²) in [5, 5.41) is 1.70. The molecular formula is C16H11BrClNO. The van der Waals surface area contributed by atoms with E-state index >= 15 is 0 Å². The van der Waals surface area contributed by atoms with Crippen LogP contribution in [0.25, 0.3) is 10.9 Å². The van der Waals surface area contributed by atoms with Gasteiger partial charge in [0, 0.05) is 21.6 Å². The maximum atomic E-state index is 12.3. The number of halogens is 2. The van der Waals surface area contributed by atoms with Crippen molar-refractivity contribution < 1.29 is 4.79 Å². The van der Waals surface area contributed by atoms with Gasteiger partial charge in [-0.2, -0.15) is 0 Å². The Kier molecular flexibility index (Phi) is 3.64. The Bertz CT molecular complexity index is 794. The monoisotopic (exact) mass is 347 g/mol. The van der Waals surface area contributed by atoms with Gasteiger partial charge in [0.05, 0.1) is 17.1 Å². The van der Waals surface area contributed by atoms with Crippen LogP contribution in [0.3, 0.4) is 0 Å². The third-order valence-corrected chi connectivity index (χ3v) is 4.00. The Morgan fingerprint density at radius 1 is 1.15 bits per heavy atom. The highest BCUT2D eigenvalue weighted by Crippen LogP contribution is 2.24. The molecule has 2 nitrogen and oxygen atoms in total. The molecular weight excluding hydrogens is 338 g/mol. The van der Waals surface area contributed by atoms with Gasteiger partial charge in [0.15, 0.2) is 5.78 Å². The molecule has 2 aromatic carbocycles. The molecule has 0 atom stereocenters. The number of carbonyl (C=O) groups is 1. The van der Waals surface area contributed by atoms with Crippen LogP contribution >= 0.6 is 27.5 Å². The number of para-hydroxylation sites is 1. The molecule has 1 aromatic heterocycles. The fourth-order valence-electron chi connectivity index (χ4n) is 2.25. The van der Waals surface area contributed by atoms with Crippen molar-refractivity contribution in [3.8, 4) is 0 Å². The first kappa shape index (κ1) is 13.4.